The van der Waals surface area contributed by atoms with Crippen LogP contribution in [0.1, 0.15) is 17.5 Å². The van der Waals surface area contributed by atoms with Crippen molar-refractivity contribution in [2.24, 2.45) is 0 Å². The normalized spacial score (nSPS) is 30.3. The number of nitrogens with one attached hydrogen (secondary N) is 1. The van der Waals surface area contributed by atoms with E-state index in [2.05, 4.69) is 34.5 Å². The molecule has 16 heavy (non-hydrogen) atoms. The molecular weight excluding hydrogens is 200 g/mol. The standard InChI is InChI=1S/C13H18N2O/c16-13(6-7-14-10-13)15-8-5-11-3-1-2-4-12(11)9-15/h1-4,14,16H,5-10H2. The Morgan fingerprint density at radius 3 is 2.81 bits per heavy atom. The number of hydrogen-bond acceptors (Lipinski definition) is 3. The third kappa shape index (κ3) is 1.65. The number of nitrogens with zero attached hydrogens (tertiary/aromatic N) is 1. The van der Waals surface area contributed by atoms with Gasteiger partial charge in [-0.2, -0.15) is 0 Å². The van der Waals surface area contributed by atoms with Crippen molar-refractivity contribution >= 4 is 0 Å². The largest absolute Gasteiger partial charge is 0.374 e. The summed E-state index contributed by atoms with van der Waals surface area (Å²) in [5.74, 6) is 0. The van der Waals surface area contributed by atoms with Crippen molar-refractivity contribution in [1.29, 1.82) is 0 Å². The van der Waals surface area contributed by atoms with E-state index >= 15 is 0 Å². The van der Waals surface area contributed by atoms with Crippen LogP contribution in [0.5, 0.6) is 0 Å². The molecule has 3 heteroatoms. The van der Waals surface area contributed by atoms with Crippen molar-refractivity contribution in [3.05, 3.63) is 35.4 Å². The van der Waals surface area contributed by atoms with Gasteiger partial charge in [-0.25, -0.2) is 0 Å². The Balaban J connectivity index is 1.82. The van der Waals surface area contributed by atoms with Gasteiger partial charge in [0.1, 0.15) is 5.72 Å². The lowest BCUT2D eigenvalue weighted by Crippen LogP contribution is -2.52. The minimum atomic E-state index is -0.618. The Morgan fingerprint density at radius 2 is 2.06 bits per heavy atom. The van der Waals surface area contributed by atoms with Crippen LogP contribution in [-0.2, 0) is 13.0 Å². The Morgan fingerprint density at radius 1 is 1.25 bits per heavy atom. The second kappa shape index (κ2) is 3.84. The number of rotatable bonds is 1. The molecule has 2 heterocycles. The van der Waals surface area contributed by atoms with E-state index < -0.39 is 5.72 Å². The number of aliphatic hydroxyl groups is 1. The fourth-order valence-corrected chi connectivity index (χ4v) is 2.79. The zero-order valence-corrected chi connectivity index (χ0v) is 9.45. The molecule has 0 bridgehead atoms. The average molecular weight is 218 g/mol. The minimum absolute atomic E-state index is 0.618. The number of hydrogen-bond donors (Lipinski definition) is 2. The summed E-state index contributed by atoms with van der Waals surface area (Å²) in [6, 6.07) is 8.55. The third-order valence-corrected chi connectivity index (χ3v) is 3.83. The van der Waals surface area contributed by atoms with Crippen LogP contribution in [0.2, 0.25) is 0 Å². The first kappa shape index (κ1) is 10.3. The van der Waals surface area contributed by atoms with Gasteiger partial charge in [0, 0.05) is 26.1 Å². The van der Waals surface area contributed by atoms with E-state index in [9.17, 15) is 5.11 Å². The van der Waals surface area contributed by atoms with Crippen LogP contribution in [0.25, 0.3) is 0 Å². The highest BCUT2D eigenvalue weighted by molar-refractivity contribution is 5.29. The number of benzene rings is 1. The summed E-state index contributed by atoms with van der Waals surface area (Å²) in [7, 11) is 0. The highest BCUT2D eigenvalue weighted by Gasteiger charge is 2.38. The van der Waals surface area contributed by atoms with E-state index in [4.69, 9.17) is 0 Å². The summed E-state index contributed by atoms with van der Waals surface area (Å²) in [6.45, 7) is 3.48. The molecule has 0 amide bonds. The van der Waals surface area contributed by atoms with E-state index in [1.807, 2.05) is 0 Å². The molecule has 0 aliphatic carbocycles. The van der Waals surface area contributed by atoms with Crippen molar-refractivity contribution in [2.45, 2.75) is 25.1 Å². The van der Waals surface area contributed by atoms with Crippen LogP contribution in [-0.4, -0.2) is 35.4 Å². The molecule has 1 atom stereocenters. The van der Waals surface area contributed by atoms with E-state index in [0.29, 0.717) is 6.54 Å². The molecule has 1 aromatic rings. The van der Waals surface area contributed by atoms with E-state index in [-0.39, 0.29) is 0 Å². The van der Waals surface area contributed by atoms with E-state index in [1.54, 1.807) is 0 Å². The van der Waals surface area contributed by atoms with Crippen LogP contribution in [0.3, 0.4) is 0 Å². The molecule has 1 fully saturated rings. The van der Waals surface area contributed by atoms with E-state index in [0.717, 1.165) is 32.5 Å². The molecule has 0 aromatic heterocycles. The predicted octanol–water partition coefficient (Wildman–Crippen LogP) is 0.727. The Hall–Kier alpha value is -0.900. The van der Waals surface area contributed by atoms with Crippen molar-refractivity contribution in [1.82, 2.24) is 10.2 Å². The first-order valence-electron chi connectivity index (χ1n) is 6.03. The molecule has 1 unspecified atom stereocenters. The molecule has 0 spiro atoms. The van der Waals surface area contributed by atoms with Crippen molar-refractivity contribution in [3.63, 3.8) is 0 Å². The first-order chi connectivity index (χ1) is 7.78. The molecule has 1 saturated heterocycles. The summed E-state index contributed by atoms with van der Waals surface area (Å²) in [6.07, 6.45) is 1.90. The average Bonchev–Trinajstić information content (AvgIpc) is 2.77. The van der Waals surface area contributed by atoms with Crippen LogP contribution in [0.4, 0.5) is 0 Å². The van der Waals surface area contributed by atoms with Gasteiger partial charge in [-0.05, 0) is 24.1 Å². The molecule has 1 aromatic carbocycles. The summed E-state index contributed by atoms with van der Waals surface area (Å²) >= 11 is 0. The second-order valence-electron chi connectivity index (χ2n) is 4.85. The summed E-state index contributed by atoms with van der Waals surface area (Å²) < 4.78 is 0. The van der Waals surface area contributed by atoms with Crippen molar-refractivity contribution in [3.8, 4) is 0 Å². The van der Waals surface area contributed by atoms with Crippen LogP contribution in [0, 0.1) is 0 Å². The van der Waals surface area contributed by atoms with Gasteiger partial charge in [0.05, 0.1) is 0 Å². The van der Waals surface area contributed by atoms with E-state index in [1.165, 1.54) is 11.1 Å². The molecule has 3 nitrogen and oxygen atoms in total. The molecule has 0 radical (unpaired) electrons. The molecule has 2 N–H and O–H groups in total. The Kier molecular flexibility index (Phi) is 2.46. The van der Waals surface area contributed by atoms with Gasteiger partial charge in [0.2, 0.25) is 0 Å². The lowest BCUT2D eigenvalue weighted by atomic mass is 9.97. The highest BCUT2D eigenvalue weighted by Crippen LogP contribution is 2.27. The summed E-state index contributed by atoms with van der Waals surface area (Å²) in [5, 5.41) is 13.7. The lowest BCUT2D eigenvalue weighted by Gasteiger charge is -2.39. The molecule has 2 aliphatic heterocycles. The van der Waals surface area contributed by atoms with Gasteiger partial charge in [0.15, 0.2) is 0 Å². The number of fused-ring (bicyclic) bond motifs is 1. The van der Waals surface area contributed by atoms with Crippen LogP contribution >= 0.6 is 0 Å². The second-order valence-corrected chi connectivity index (χ2v) is 4.85. The van der Waals surface area contributed by atoms with Gasteiger partial charge in [-0.1, -0.05) is 24.3 Å². The van der Waals surface area contributed by atoms with Gasteiger partial charge < -0.3 is 10.4 Å². The summed E-state index contributed by atoms with van der Waals surface area (Å²) in [4.78, 5) is 2.22. The molecule has 0 saturated carbocycles. The molecular formula is C13H18N2O. The van der Waals surface area contributed by atoms with Gasteiger partial charge >= 0.3 is 0 Å². The molecule has 86 valence electrons. The maximum Gasteiger partial charge on any atom is 0.132 e. The lowest BCUT2D eigenvalue weighted by molar-refractivity contribution is -0.0996. The maximum absolute atomic E-state index is 10.5. The fraction of sp³-hybridized carbons (Fsp3) is 0.538. The summed E-state index contributed by atoms with van der Waals surface area (Å²) in [5.41, 5.74) is 2.19. The smallest absolute Gasteiger partial charge is 0.132 e. The van der Waals surface area contributed by atoms with Crippen molar-refractivity contribution < 1.29 is 5.11 Å². The molecule has 3 rings (SSSR count). The topological polar surface area (TPSA) is 35.5 Å². The zero-order chi connectivity index (χ0) is 11.0. The Labute approximate surface area is 96.1 Å². The Bertz CT molecular complexity index is 385. The number of β-amino-alcohol motifs (C(OH)–C–C–N with tert-alkyl or cyclic N) is 1. The van der Waals surface area contributed by atoms with Crippen LogP contribution < -0.4 is 5.32 Å². The van der Waals surface area contributed by atoms with Gasteiger partial charge in [0.25, 0.3) is 0 Å². The fourth-order valence-electron chi connectivity index (χ4n) is 2.79. The maximum atomic E-state index is 10.5. The third-order valence-electron chi connectivity index (χ3n) is 3.83. The van der Waals surface area contributed by atoms with Gasteiger partial charge in [-0.3, -0.25) is 4.90 Å². The SMILES string of the molecule is OC1(N2CCc3ccccc3C2)CCNC1. The first-order valence-corrected chi connectivity index (χ1v) is 6.03. The predicted molar refractivity (Wildman–Crippen MR) is 63.0 cm³/mol. The monoisotopic (exact) mass is 218 g/mol. The quantitative estimate of drug-likeness (QED) is 0.729. The van der Waals surface area contributed by atoms with Crippen LogP contribution in [0.15, 0.2) is 24.3 Å². The highest BCUT2D eigenvalue weighted by atomic mass is 16.3. The van der Waals surface area contributed by atoms with Gasteiger partial charge in [-0.15, -0.1) is 0 Å². The minimum Gasteiger partial charge on any atom is -0.374 e. The molecule has 2 aliphatic rings. The van der Waals surface area contributed by atoms with Crippen molar-refractivity contribution in [2.75, 3.05) is 19.6 Å². The zero-order valence-electron chi connectivity index (χ0n) is 9.45.